The number of pyridine rings is 1. The lowest BCUT2D eigenvalue weighted by molar-refractivity contribution is -0.146. The Bertz CT molecular complexity index is 2110. The van der Waals surface area contributed by atoms with Crippen LogP contribution in [-0.4, -0.2) is 107 Å². The number of likely N-dealkylation sites (tertiary alicyclic amines) is 1. The van der Waals surface area contributed by atoms with Gasteiger partial charge in [0.1, 0.15) is 64.9 Å². The van der Waals surface area contributed by atoms with Crippen molar-refractivity contribution in [3.8, 4) is 22.9 Å². The minimum Gasteiger partial charge on any atom is -0.490 e. The van der Waals surface area contributed by atoms with Gasteiger partial charge in [-0.1, -0.05) is 38.4 Å². The first-order valence-corrected chi connectivity index (χ1v) is 20.5. The van der Waals surface area contributed by atoms with Gasteiger partial charge in [0.05, 0.1) is 24.4 Å². The minimum absolute atomic E-state index is 0.00427. The van der Waals surface area contributed by atoms with Crippen LogP contribution in [0.2, 0.25) is 5.02 Å². The number of methoxy groups -OCH3 is 1. The number of rotatable bonds is 16. The SMILES string of the molecule is C=C[C@@H]1C[C@]1(NC(=O)[C@@H]1C[C@@H](Oc2cc(-c3coc(NC(C)C)n3)nc3c(Cl)c(OCCOC)ccc23)CN1C(=O)[C@@H](NC(=O)OC1C[C@@H]2C[C@@H]2C1)C(C)(C)C)C(=O)O. The molecule has 2 aromatic heterocycles. The van der Waals surface area contributed by atoms with Crippen LogP contribution in [0.1, 0.15) is 66.7 Å². The highest BCUT2D eigenvalue weighted by Crippen LogP contribution is 2.52. The molecular weight excluding hydrogens is 784 g/mol. The Balaban J connectivity index is 1.21. The Morgan fingerprint density at radius 2 is 1.81 bits per heavy atom. The number of aliphatic carboxylic acids is 1. The van der Waals surface area contributed by atoms with Crippen LogP contribution in [0.15, 0.2) is 41.5 Å². The molecule has 1 saturated heterocycles. The molecule has 4 N–H and O–H groups in total. The lowest BCUT2D eigenvalue weighted by Gasteiger charge is -2.35. The highest BCUT2D eigenvalue weighted by Gasteiger charge is 2.61. The monoisotopic (exact) mass is 836 g/mol. The van der Waals surface area contributed by atoms with Gasteiger partial charge in [-0.05, 0) is 68.9 Å². The van der Waals surface area contributed by atoms with E-state index in [4.69, 9.17) is 39.9 Å². The van der Waals surface area contributed by atoms with E-state index in [0.717, 1.165) is 19.3 Å². The summed E-state index contributed by atoms with van der Waals surface area (Å²) >= 11 is 6.92. The zero-order valence-electron chi connectivity index (χ0n) is 34.2. The molecule has 0 spiro atoms. The summed E-state index contributed by atoms with van der Waals surface area (Å²) in [5.41, 5.74) is -1.25. The summed E-state index contributed by atoms with van der Waals surface area (Å²) in [6, 6.07) is 3.22. The summed E-state index contributed by atoms with van der Waals surface area (Å²) in [5, 5.41) is 19.5. The number of hydrogen-bond acceptors (Lipinski definition) is 12. The zero-order valence-corrected chi connectivity index (χ0v) is 35.0. The summed E-state index contributed by atoms with van der Waals surface area (Å²) in [6.45, 7) is 13.6. The Morgan fingerprint density at radius 3 is 2.46 bits per heavy atom. The van der Waals surface area contributed by atoms with Crippen molar-refractivity contribution in [3.63, 3.8) is 0 Å². The van der Waals surface area contributed by atoms with E-state index in [0.29, 0.717) is 58.2 Å². The van der Waals surface area contributed by atoms with Crippen molar-refractivity contribution >= 4 is 52.4 Å². The Kier molecular flexibility index (Phi) is 11.8. The molecule has 1 unspecified atom stereocenters. The van der Waals surface area contributed by atoms with Crippen molar-refractivity contribution < 1.29 is 47.6 Å². The predicted octanol–water partition coefficient (Wildman–Crippen LogP) is 5.82. The number of amides is 3. The number of nitrogens with one attached hydrogen (secondary N) is 3. The van der Waals surface area contributed by atoms with Crippen LogP contribution in [0.25, 0.3) is 22.3 Å². The molecule has 0 radical (unpaired) electrons. The number of anilines is 1. The van der Waals surface area contributed by atoms with E-state index in [9.17, 15) is 24.3 Å². The number of oxazole rings is 1. The van der Waals surface area contributed by atoms with Crippen LogP contribution >= 0.6 is 11.6 Å². The van der Waals surface area contributed by atoms with Crippen molar-refractivity contribution in [3.05, 3.63) is 42.1 Å². The number of benzene rings is 1. The fourth-order valence-corrected chi connectivity index (χ4v) is 8.50. The summed E-state index contributed by atoms with van der Waals surface area (Å²) in [4.78, 5) is 65.4. The number of hydrogen-bond donors (Lipinski definition) is 4. The van der Waals surface area contributed by atoms with Gasteiger partial charge in [0.25, 0.3) is 6.01 Å². The second-order valence-electron chi connectivity index (χ2n) is 17.4. The molecule has 0 bridgehead atoms. The maximum atomic E-state index is 14.7. The molecule has 318 valence electrons. The third-order valence-electron chi connectivity index (χ3n) is 11.6. The van der Waals surface area contributed by atoms with E-state index in [-0.39, 0.29) is 43.2 Å². The Morgan fingerprint density at radius 1 is 1.07 bits per heavy atom. The van der Waals surface area contributed by atoms with E-state index in [1.807, 2.05) is 34.6 Å². The zero-order chi connectivity index (χ0) is 42.4. The smallest absolute Gasteiger partial charge is 0.408 e. The van der Waals surface area contributed by atoms with Crippen molar-refractivity contribution in [2.24, 2.45) is 23.2 Å². The Labute approximate surface area is 347 Å². The highest BCUT2D eigenvalue weighted by molar-refractivity contribution is 6.36. The van der Waals surface area contributed by atoms with E-state index in [2.05, 4.69) is 27.5 Å². The third-order valence-corrected chi connectivity index (χ3v) is 12.0. The fourth-order valence-electron chi connectivity index (χ4n) is 8.24. The van der Waals surface area contributed by atoms with Gasteiger partial charge in [0.2, 0.25) is 11.8 Å². The van der Waals surface area contributed by atoms with Gasteiger partial charge in [0.15, 0.2) is 0 Å². The molecule has 3 heterocycles. The van der Waals surface area contributed by atoms with Gasteiger partial charge in [-0.15, -0.1) is 6.58 Å². The number of carbonyl (C=O) groups is 4. The number of ether oxygens (including phenoxy) is 4. The lowest BCUT2D eigenvalue weighted by atomic mass is 9.85. The number of aromatic nitrogens is 2. The molecular formula is C42H53ClN6O10. The van der Waals surface area contributed by atoms with Gasteiger partial charge in [0, 0.05) is 36.9 Å². The number of alkyl carbamates (subject to hydrolysis) is 1. The molecule has 8 atom stereocenters. The van der Waals surface area contributed by atoms with Gasteiger partial charge in [-0.2, -0.15) is 4.98 Å². The van der Waals surface area contributed by atoms with Gasteiger partial charge in [-0.3, -0.25) is 9.59 Å². The molecule has 7 rings (SSSR count). The van der Waals surface area contributed by atoms with Crippen LogP contribution in [0.3, 0.4) is 0 Å². The van der Waals surface area contributed by atoms with Crippen LogP contribution < -0.4 is 25.4 Å². The third kappa shape index (κ3) is 8.93. The van der Waals surface area contributed by atoms with Crippen molar-refractivity contribution in [1.29, 1.82) is 0 Å². The number of halogens is 1. The van der Waals surface area contributed by atoms with Gasteiger partial charge in [-0.25, -0.2) is 14.6 Å². The standard InChI is InChI=1S/C42H53ClN6O10/c1-8-24-18-42(24,38(52)53)48-36(50)30-16-26(19-49(30)37(51)35(41(4,5)6)47-40(54)59-25-14-22-13-23(22)15-25)58-32-17-28(29-20-57-39(46-29)44-21(2)3)45-34-27(32)9-10-31(33(34)43)56-12-11-55-7/h8-10,17,20-26,30,35H,1,11-16,18-19H2,2-7H3,(H,44,46)(H,47,54)(H,48,50)(H,52,53)/t22-,23+,24-,25?,26-,30+,35-,42-/m1/s1. The van der Waals surface area contributed by atoms with Crippen LogP contribution in [0.5, 0.6) is 11.5 Å². The van der Waals surface area contributed by atoms with E-state index in [1.165, 1.54) is 17.2 Å². The fraction of sp³-hybridized carbons (Fsp3) is 0.571. The van der Waals surface area contributed by atoms with Crippen molar-refractivity contribution in [2.45, 2.75) is 103 Å². The molecule has 1 aliphatic heterocycles. The van der Waals surface area contributed by atoms with Crippen molar-refractivity contribution in [1.82, 2.24) is 25.5 Å². The molecule has 16 nitrogen and oxygen atoms in total. The number of nitrogens with zero attached hydrogens (tertiary/aromatic N) is 3. The summed E-state index contributed by atoms with van der Waals surface area (Å²) < 4.78 is 29.1. The number of carboxylic acid groups (broad SMARTS) is 1. The normalized spacial score (nSPS) is 26.2. The molecule has 4 aliphatic rings. The molecule has 4 fully saturated rings. The number of carboxylic acids is 1. The molecule has 1 aromatic carbocycles. The van der Waals surface area contributed by atoms with Gasteiger partial charge < -0.3 is 49.3 Å². The largest absolute Gasteiger partial charge is 0.490 e. The first-order valence-electron chi connectivity index (χ1n) is 20.1. The Hall–Kier alpha value is -5.09. The maximum Gasteiger partial charge on any atom is 0.408 e. The predicted molar refractivity (Wildman–Crippen MR) is 217 cm³/mol. The number of carbonyl (C=O) groups excluding carboxylic acids is 3. The second kappa shape index (κ2) is 16.5. The van der Waals surface area contributed by atoms with Crippen LogP contribution in [0, 0.1) is 23.2 Å². The van der Waals surface area contributed by atoms with Crippen molar-refractivity contribution in [2.75, 3.05) is 32.2 Å². The first kappa shape index (κ1) is 42.0. The molecule has 17 heteroatoms. The molecule has 3 amide bonds. The molecule has 3 aromatic rings. The molecule has 3 saturated carbocycles. The maximum absolute atomic E-state index is 14.7. The summed E-state index contributed by atoms with van der Waals surface area (Å²) in [7, 11) is 1.57. The topological polar surface area (TPSA) is 204 Å². The average molecular weight is 837 g/mol. The molecule has 59 heavy (non-hydrogen) atoms. The van der Waals surface area contributed by atoms with Crippen LogP contribution in [0.4, 0.5) is 10.8 Å². The van der Waals surface area contributed by atoms with E-state index < -0.39 is 58.9 Å². The lowest BCUT2D eigenvalue weighted by Crippen LogP contribution is -2.59. The highest BCUT2D eigenvalue weighted by atomic mass is 35.5. The van der Waals surface area contributed by atoms with Gasteiger partial charge >= 0.3 is 12.1 Å². The number of fused-ring (bicyclic) bond motifs is 2. The summed E-state index contributed by atoms with van der Waals surface area (Å²) in [6.07, 6.45) is 4.20. The van der Waals surface area contributed by atoms with E-state index >= 15 is 0 Å². The average Bonchev–Trinajstić information content (AvgIpc) is 3.84. The minimum atomic E-state index is -1.54. The second-order valence-corrected chi connectivity index (χ2v) is 17.8. The molecule has 3 aliphatic carbocycles. The van der Waals surface area contributed by atoms with Crippen LogP contribution in [-0.2, 0) is 23.9 Å². The summed E-state index contributed by atoms with van der Waals surface area (Å²) in [5.74, 6) is -0.997. The van der Waals surface area contributed by atoms with E-state index in [1.54, 1.807) is 25.3 Å². The quantitative estimate of drug-likeness (QED) is 0.0994. The first-order chi connectivity index (χ1) is 28.0.